The molecule has 9 heteroatoms. The second-order valence-electron chi connectivity index (χ2n) is 9.75. The van der Waals surface area contributed by atoms with Gasteiger partial charge in [-0.3, -0.25) is 14.6 Å². The largest absolute Gasteiger partial charge is 0.394 e. The summed E-state index contributed by atoms with van der Waals surface area (Å²) in [7, 11) is 0. The van der Waals surface area contributed by atoms with Crippen molar-refractivity contribution in [2.45, 2.75) is 52.2 Å². The second kappa shape index (κ2) is 12.2. The molecular formula is C30H32F2N4O3. The van der Waals surface area contributed by atoms with Crippen LogP contribution in [0.25, 0.3) is 10.9 Å². The van der Waals surface area contributed by atoms with Crippen LogP contribution in [0.15, 0.2) is 60.8 Å². The van der Waals surface area contributed by atoms with Crippen molar-refractivity contribution in [1.82, 2.24) is 20.2 Å². The Kier molecular flexibility index (Phi) is 8.71. The van der Waals surface area contributed by atoms with Gasteiger partial charge in [0.15, 0.2) is 11.6 Å². The number of pyridine rings is 1. The monoisotopic (exact) mass is 534 g/mol. The molecule has 0 saturated heterocycles. The number of amides is 2. The van der Waals surface area contributed by atoms with Crippen molar-refractivity contribution < 1.29 is 23.5 Å². The third-order valence-corrected chi connectivity index (χ3v) is 6.67. The molecule has 39 heavy (non-hydrogen) atoms. The minimum atomic E-state index is -0.978. The number of carbonyl (C=O) groups is 2. The summed E-state index contributed by atoms with van der Waals surface area (Å²) in [5.74, 6) is -2.68. The first-order chi connectivity index (χ1) is 18.7. The maximum atomic E-state index is 13.7. The van der Waals surface area contributed by atoms with Crippen LogP contribution in [0.5, 0.6) is 0 Å². The minimum absolute atomic E-state index is 0.0144. The standard InChI is InChI=1S/C30H32F2N4O3/c1-4-21(17-37)35-29(38)20-9-10-23-26(14-20)36(16-22-7-5-6-12-33-22)28(18(2)3)27(23)30(39)34-15-19-8-11-24(31)25(32)13-19/h5-14,18,21,37H,4,15-17H2,1-3H3,(H,34,39)(H,35,38). The molecule has 3 N–H and O–H groups in total. The van der Waals surface area contributed by atoms with Gasteiger partial charge in [0.1, 0.15) is 0 Å². The number of benzene rings is 2. The number of halogens is 2. The van der Waals surface area contributed by atoms with E-state index < -0.39 is 11.6 Å². The Morgan fingerprint density at radius 1 is 1.03 bits per heavy atom. The Morgan fingerprint density at radius 3 is 2.46 bits per heavy atom. The molecule has 0 spiro atoms. The number of fused-ring (bicyclic) bond motifs is 1. The number of hydrogen-bond donors (Lipinski definition) is 3. The van der Waals surface area contributed by atoms with E-state index in [-0.39, 0.29) is 36.9 Å². The third-order valence-electron chi connectivity index (χ3n) is 6.67. The molecule has 204 valence electrons. The number of aliphatic hydroxyl groups is 1. The van der Waals surface area contributed by atoms with Gasteiger partial charge in [-0.15, -0.1) is 0 Å². The Bertz CT molecular complexity index is 1480. The normalized spacial score (nSPS) is 12.1. The van der Waals surface area contributed by atoms with E-state index >= 15 is 0 Å². The van der Waals surface area contributed by atoms with Crippen molar-refractivity contribution in [3.05, 3.63) is 101 Å². The number of aliphatic hydroxyl groups excluding tert-OH is 1. The molecule has 0 fully saturated rings. The molecule has 2 aromatic carbocycles. The molecule has 1 unspecified atom stereocenters. The number of nitrogens with one attached hydrogen (secondary N) is 2. The molecular weight excluding hydrogens is 502 g/mol. The lowest BCUT2D eigenvalue weighted by molar-refractivity contribution is 0.0913. The van der Waals surface area contributed by atoms with Crippen molar-refractivity contribution in [1.29, 1.82) is 0 Å². The van der Waals surface area contributed by atoms with Crippen LogP contribution in [0.2, 0.25) is 0 Å². The van der Waals surface area contributed by atoms with Crippen LogP contribution < -0.4 is 10.6 Å². The molecule has 2 aromatic heterocycles. The smallest absolute Gasteiger partial charge is 0.254 e. The SMILES string of the molecule is CCC(CO)NC(=O)c1ccc2c(C(=O)NCc3ccc(F)c(F)c3)c(C(C)C)n(Cc3ccccn3)c2c1. The predicted octanol–water partition coefficient (Wildman–Crippen LogP) is 4.92. The van der Waals surface area contributed by atoms with Crippen molar-refractivity contribution in [2.24, 2.45) is 0 Å². The van der Waals surface area contributed by atoms with Crippen molar-refractivity contribution in [3.63, 3.8) is 0 Å². The summed E-state index contributed by atoms with van der Waals surface area (Å²) in [6.45, 7) is 6.07. The first-order valence-electron chi connectivity index (χ1n) is 12.9. The van der Waals surface area contributed by atoms with Crippen LogP contribution in [0, 0.1) is 11.6 Å². The number of carbonyl (C=O) groups excluding carboxylic acids is 2. The highest BCUT2D eigenvalue weighted by Gasteiger charge is 2.26. The number of rotatable bonds is 10. The summed E-state index contributed by atoms with van der Waals surface area (Å²) in [4.78, 5) is 31.0. The summed E-state index contributed by atoms with van der Waals surface area (Å²) >= 11 is 0. The molecule has 0 aliphatic heterocycles. The molecule has 1 atom stereocenters. The first-order valence-corrected chi connectivity index (χ1v) is 12.9. The topological polar surface area (TPSA) is 96.3 Å². The van der Waals surface area contributed by atoms with Crippen LogP contribution in [0.3, 0.4) is 0 Å². The van der Waals surface area contributed by atoms with Crippen LogP contribution in [0.1, 0.15) is 70.8 Å². The molecule has 0 aliphatic carbocycles. The molecule has 0 aliphatic rings. The van der Waals surface area contributed by atoms with Gasteiger partial charge in [0.2, 0.25) is 0 Å². The third kappa shape index (κ3) is 6.15. The molecule has 4 aromatic rings. The lowest BCUT2D eigenvalue weighted by atomic mass is 10.0. The Morgan fingerprint density at radius 2 is 1.82 bits per heavy atom. The highest BCUT2D eigenvalue weighted by atomic mass is 19.2. The molecule has 0 radical (unpaired) electrons. The lowest BCUT2D eigenvalue weighted by Gasteiger charge is -2.16. The van der Waals surface area contributed by atoms with Gasteiger partial charge in [-0.25, -0.2) is 8.78 Å². The predicted molar refractivity (Wildman–Crippen MR) is 146 cm³/mol. The molecule has 0 bridgehead atoms. The average molecular weight is 535 g/mol. The highest BCUT2D eigenvalue weighted by molar-refractivity contribution is 6.10. The van der Waals surface area contributed by atoms with Gasteiger partial charge in [-0.2, -0.15) is 0 Å². The van der Waals surface area contributed by atoms with E-state index in [1.807, 2.05) is 43.5 Å². The van der Waals surface area contributed by atoms with E-state index in [4.69, 9.17) is 0 Å². The second-order valence-corrected chi connectivity index (χ2v) is 9.75. The average Bonchev–Trinajstić information content (AvgIpc) is 3.26. The summed E-state index contributed by atoms with van der Waals surface area (Å²) in [5.41, 5.74) is 3.51. The number of aromatic nitrogens is 2. The summed E-state index contributed by atoms with van der Waals surface area (Å²) in [6, 6.07) is 13.9. The van der Waals surface area contributed by atoms with Crippen LogP contribution >= 0.6 is 0 Å². The van der Waals surface area contributed by atoms with E-state index in [1.54, 1.807) is 24.4 Å². The number of hydrogen-bond acceptors (Lipinski definition) is 4. The van der Waals surface area contributed by atoms with Crippen LogP contribution in [0.4, 0.5) is 8.78 Å². The lowest BCUT2D eigenvalue weighted by Crippen LogP contribution is -2.36. The van der Waals surface area contributed by atoms with E-state index in [9.17, 15) is 23.5 Å². The highest BCUT2D eigenvalue weighted by Crippen LogP contribution is 2.33. The fourth-order valence-corrected chi connectivity index (χ4v) is 4.64. The van der Waals surface area contributed by atoms with Crippen molar-refractivity contribution >= 4 is 22.7 Å². The van der Waals surface area contributed by atoms with Gasteiger partial charge >= 0.3 is 0 Å². The van der Waals surface area contributed by atoms with E-state index in [2.05, 4.69) is 15.6 Å². The van der Waals surface area contributed by atoms with E-state index in [1.165, 1.54) is 6.07 Å². The van der Waals surface area contributed by atoms with Gasteiger partial charge in [-0.1, -0.05) is 39.0 Å². The van der Waals surface area contributed by atoms with E-state index in [0.717, 1.165) is 23.5 Å². The van der Waals surface area contributed by atoms with Gasteiger partial charge in [0.05, 0.1) is 36.0 Å². The van der Waals surface area contributed by atoms with E-state index in [0.29, 0.717) is 40.6 Å². The summed E-state index contributed by atoms with van der Waals surface area (Å²) in [5, 5.41) is 15.8. The maximum absolute atomic E-state index is 13.7. The molecule has 2 amide bonds. The zero-order valence-electron chi connectivity index (χ0n) is 22.2. The van der Waals surface area contributed by atoms with Gasteiger partial charge in [0, 0.05) is 29.4 Å². The van der Waals surface area contributed by atoms with Gasteiger partial charge in [0.25, 0.3) is 11.8 Å². The fraction of sp³-hybridized carbons (Fsp3) is 0.300. The van der Waals surface area contributed by atoms with Gasteiger partial charge in [-0.05, 0) is 54.3 Å². The Hall–Kier alpha value is -4.11. The minimum Gasteiger partial charge on any atom is -0.394 e. The maximum Gasteiger partial charge on any atom is 0.254 e. The summed E-state index contributed by atoms with van der Waals surface area (Å²) < 4.78 is 29.0. The van der Waals surface area contributed by atoms with Crippen molar-refractivity contribution in [3.8, 4) is 0 Å². The zero-order valence-corrected chi connectivity index (χ0v) is 22.2. The van der Waals surface area contributed by atoms with Crippen LogP contribution in [-0.4, -0.2) is 39.1 Å². The zero-order chi connectivity index (χ0) is 28.1. The number of nitrogens with zero attached hydrogens (tertiary/aromatic N) is 2. The Labute approximate surface area is 225 Å². The first kappa shape index (κ1) is 27.9. The fourth-order valence-electron chi connectivity index (χ4n) is 4.64. The molecule has 2 heterocycles. The summed E-state index contributed by atoms with van der Waals surface area (Å²) in [6.07, 6.45) is 2.28. The quantitative estimate of drug-likeness (QED) is 0.269. The Balaban J connectivity index is 1.79. The molecule has 7 nitrogen and oxygen atoms in total. The molecule has 4 rings (SSSR count). The van der Waals surface area contributed by atoms with Crippen LogP contribution in [-0.2, 0) is 13.1 Å². The molecule has 0 saturated carbocycles. The van der Waals surface area contributed by atoms with Crippen molar-refractivity contribution in [2.75, 3.05) is 6.61 Å². The van der Waals surface area contributed by atoms with Gasteiger partial charge < -0.3 is 20.3 Å².